The molecule has 0 saturated heterocycles. The van der Waals surface area contributed by atoms with Crippen LogP contribution in [0.3, 0.4) is 0 Å². The Balaban J connectivity index is 1.92. The molecular weight excluding hydrogens is 272 g/mol. The third kappa shape index (κ3) is 3.84. The molecule has 2 aromatic rings. The zero-order chi connectivity index (χ0) is 14.2. The summed E-state index contributed by atoms with van der Waals surface area (Å²) in [6, 6.07) is 14.5. The Kier molecular flexibility index (Phi) is 4.71. The molecule has 0 fully saturated rings. The van der Waals surface area contributed by atoms with Gasteiger partial charge in [0, 0.05) is 4.88 Å². The minimum atomic E-state index is -0.219. The lowest BCUT2D eigenvalue weighted by Gasteiger charge is -2.05. The number of hydrogen-bond acceptors (Lipinski definition) is 6. The van der Waals surface area contributed by atoms with E-state index >= 15 is 0 Å². The average Bonchev–Trinajstić information content (AvgIpc) is 3.01. The van der Waals surface area contributed by atoms with E-state index in [1.165, 1.54) is 0 Å². The van der Waals surface area contributed by atoms with Crippen molar-refractivity contribution in [2.45, 2.75) is 6.61 Å². The van der Waals surface area contributed by atoms with E-state index in [1.807, 2.05) is 17.5 Å². The van der Waals surface area contributed by atoms with Crippen LogP contribution in [0.25, 0.3) is 0 Å². The highest BCUT2D eigenvalue weighted by Gasteiger charge is 1.98. The predicted molar refractivity (Wildman–Crippen MR) is 77.4 cm³/mol. The SMILES string of the molecule is N#CC(C#N)=NNc1ccc(OCc2cccs2)cc1. The second-order valence-electron chi connectivity index (χ2n) is 3.69. The Morgan fingerprint density at radius 2 is 1.95 bits per heavy atom. The largest absolute Gasteiger partial charge is 0.488 e. The highest BCUT2D eigenvalue weighted by Crippen LogP contribution is 2.18. The molecule has 0 atom stereocenters. The number of ether oxygens (including phenoxy) is 1. The summed E-state index contributed by atoms with van der Waals surface area (Å²) in [5.74, 6) is 0.744. The molecule has 1 aromatic carbocycles. The fourth-order valence-electron chi connectivity index (χ4n) is 1.37. The molecule has 0 bridgehead atoms. The van der Waals surface area contributed by atoms with Crippen LogP contribution in [-0.4, -0.2) is 5.71 Å². The smallest absolute Gasteiger partial charge is 0.237 e. The first-order chi connectivity index (χ1) is 9.81. The van der Waals surface area contributed by atoms with Gasteiger partial charge in [0.15, 0.2) is 0 Å². The number of rotatable bonds is 5. The van der Waals surface area contributed by atoms with E-state index < -0.39 is 0 Å². The quantitative estimate of drug-likeness (QED) is 0.674. The molecule has 2 rings (SSSR count). The van der Waals surface area contributed by atoms with E-state index in [2.05, 4.69) is 10.5 Å². The van der Waals surface area contributed by atoms with E-state index in [0.29, 0.717) is 12.3 Å². The Morgan fingerprint density at radius 3 is 2.55 bits per heavy atom. The van der Waals surface area contributed by atoms with Crippen molar-refractivity contribution in [1.82, 2.24) is 0 Å². The summed E-state index contributed by atoms with van der Waals surface area (Å²) < 4.78 is 5.62. The second-order valence-corrected chi connectivity index (χ2v) is 4.72. The van der Waals surface area contributed by atoms with E-state index in [9.17, 15) is 0 Å². The van der Waals surface area contributed by atoms with Crippen molar-refractivity contribution in [3.8, 4) is 17.9 Å². The molecule has 0 aliphatic heterocycles. The van der Waals surface area contributed by atoms with Crippen LogP contribution in [0.15, 0.2) is 46.9 Å². The van der Waals surface area contributed by atoms with Gasteiger partial charge in [-0.15, -0.1) is 11.3 Å². The lowest BCUT2D eigenvalue weighted by molar-refractivity contribution is 0.310. The standard InChI is InChI=1S/C14H10N4OS/c15-8-12(9-16)18-17-11-3-5-13(6-4-11)19-10-14-2-1-7-20-14/h1-7,17H,10H2. The highest BCUT2D eigenvalue weighted by molar-refractivity contribution is 7.09. The van der Waals surface area contributed by atoms with Gasteiger partial charge in [0.1, 0.15) is 24.5 Å². The highest BCUT2D eigenvalue weighted by atomic mass is 32.1. The first-order valence-corrected chi connectivity index (χ1v) is 6.59. The van der Waals surface area contributed by atoms with Crippen LogP contribution < -0.4 is 10.2 Å². The summed E-state index contributed by atoms with van der Waals surface area (Å²) >= 11 is 1.65. The maximum absolute atomic E-state index is 8.55. The minimum absolute atomic E-state index is 0.219. The summed E-state index contributed by atoms with van der Waals surface area (Å²) in [5, 5.41) is 22.8. The van der Waals surface area contributed by atoms with Crippen molar-refractivity contribution in [3.05, 3.63) is 46.7 Å². The number of anilines is 1. The van der Waals surface area contributed by atoms with Crippen LogP contribution in [0.5, 0.6) is 5.75 Å². The monoisotopic (exact) mass is 282 g/mol. The summed E-state index contributed by atoms with van der Waals surface area (Å²) in [6.07, 6.45) is 0. The van der Waals surface area contributed by atoms with E-state index in [-0.39, 0.29) is 5.71 Å². The van der Waals surface area contributed by atoms with Gasteiger partial charge in [0.25, 0.3) is 0 Å². The van der Waals surface area contributed by atoms with Crippen molar-refractivity contribution in [2.24, 2.45) is 5.10 Å². The van der Waals surface area contributed by atoms with E-state index in [1.54, 1.807) is 47.7 Å². The zero-order valence-electron chi connectivity index (χ0n) is 10.4. The molecule has 0 saturated carbocycles. The van der Waals surface area contributed by atoms with Gasteiger partial charge >= 0.3 is 0 Å². The summed E-state index contributed by atoms with van der Waals surface area (Å²) in [6.45, 7) is 0.537. The van der Waals surface area contributed by atoms with Gasteiger partial charge < -0.3 is 4.74 Å². The van der Waals surface area contributed by atoms with Crippen LogP contribution in [-0.2, 0) is 6.61 Å². The molecule has 1 aromatic heterocycles. The molecule has 0 aliphatic rings. The van der Waals surface area contributed by atoms with Crippen LogP contribution >= 0.6 is 11.3 Å². The molecule has 5 nitrogen and oxygen atoms in total. The molecule has 20 heavy (non-hydrogen) atoms. The Labute approximate surface area is 120 Å². The molecule has 1 N–H and O–H groups in total. The molecule has 0 spiro atoms. The van der Waals surface area contributed by atoms with Crippen molar-refractivity contribution in [1.29, 1.82) is 10.5 Å². The van der Waals surface area contributed by atoms with Crippen molar-refractivity contribution in [3.63, 3.8) is 0 Å². The molecule has 0 aliphatic carbocycles. The minimum Gasteiger partial charge on any atom is -0.488 e. The van der Waals surface area contributed by atoms with E-state index in [0.717, 1.165) is 10.6 Å². The molecule has 1 heterocycles. The maximum Gasteiger partial charge on any atom is 0.237 e. The number of hydrazone groups is 1. The fourth-order valence-corrected chi connectivity index (χ4v) is 1.99. The predicted octanol–water partition coefficient (Wildman–Crippen LogP) is 3.14. The lowest BCUT2D eigenvalue weighted by atomic mass is 10.3. The van der Waals surface area contributed by atoms with Crippen molar-refractivity contribution < 1.29 is 4.74 Å². The molecule has 6 heteroatoms. The number of nitrogens with zero attached hydrogens (tertiary/aromatic N) is 3. The van der Waals surface area contributed by atoms with Crippen molar-refractivity contribution >= 4 is 22.7 Å². The number of hydrogen-bond donors (Lipinski definition) is 1. The average molecular weight is 282 g/mol. The first kappa shape index (κ1) is 13.6. The third-order valence-corrected chi connectivity index (χ3v) is 3.17. The van der Waals surface area contributed by atoms with Gasteiger partial charge in [-0.2, -0.15) is 15.6 Å². The fraction of sp³-hybridized carbons (Fsp3) is 0.0714. The van der Waals surface area contributed by atoms with Gasteiger partial charge in [0.2, 0.25) is 5.71 Å². The normalized spacial score (nSPS) is 9.10. The van der Waals surface area contributed by atoms with Gasteiger partial charge in [-0.3, -0.25) is 5.43 Å². The van der Waals surface area contributed by atoms with Crippen LogP contribution in [0.2, 0.25) is 0 Å². The van der Waals surface area contributed by atoms with Gasteiger partial charge in [0.05, 0.1) is 5.69 Å². The van der Waals surface area contributed by atoms with Gasteiger partial charge in [-0.05, 0) is 35.7 Å². The molecule has 0 amide bonds. The molecular formula is C14H10N4OS. The molecule has 0 radical (unpaired) electrons. The first-order valence-electron chi connectivity index (χ1n) is 5.71. The van der Waals surface area contributed by atoms with Crippen LogP contribution in [0, 0.1) is 22.7 Å². The van der Waals surface area contributed by atoms with Gasteiger partial charge in [-0.25, -0.2) is 0 Å². The second kappa shape index (κ2) is 6.93. The molecule has 98 valence electrons. The number of nitriles is 2. The zero-order valence-corrected chi connectivity index (χ0v) is 11.2. The number of thiophene rings is 1. The Bertz CT molecular complexity index is 647. The topological polar surface area (TPSA) is 81.2 Å². The number of benzene rings is 1. The van der Waals surface area contributed by atoms with Crippen LogP contribution in [0.4, 0.5) is 5.69 Å². The van der Waals surface area contributed by atoms with Crippen molar-refractivity contribution in [2.75, 3.05) is 5.43 Å². The summed E-state index contributed by atoms with van der Waals surface area (Å²) in [5.41, 5.74) is 3.09. The molecule has 0 unspecified atom stereocenters. The van der Waals surface area contributed by atoms with E-state index in [4.69, 9.17) is 15.3 Å². The summed E-state index contributed by atoms with van der Waals surface area (Å²) in [7, 11) is 0. The van der Waals surface area contributed by atoms with Gasteiger partial charge in [-0.1, -0.05) is 6.07 Å². The number of nitrogens with one attached hydrogen (secondary N) is 1. The van der Waals surface area contributed by atoms with Crippen LogP contribution in [0.1, 0.15) is 4.88 Å². The maximum atomic E-state index is 8.55. The lowest BCUT2D eigenvalue weighted by Crippen LogP contribution is -1.97. The Hall–Kier alpha value is -2.83. The Morgan fingerprint density at radius 1 is 1.20 bits per heavy atom. The third-order valence-electron chi connectivity index (χ3n) is 2.32. The summed E-state index contributed by atoms with van der Waals surface area (Å²) in [4.78, 5) is 1.16.